The first kappa shape index (κ1) is 14.1. The van der Waals surface area contributed by atoms with Crippen molar-refractivity contribution >= 4 is 23.4 Å². The summed E-state index contributed by atoms with van der Waals surface area (Å²) in [4.78, 5) is 21.7. The predicted molar refractivity (Wildman–Crippen MR) is 56.9 cm³/mol. The number of ketones is 1. The molecule has 0 rings (SSSR count). The van der Waals surface area contributed by atoms with Crippen LogP contribution >= 0.6 is 11.6 Å². The van der Waals surface area contributed by atoms with Crippen molar-refractivity contribution in [1.82, 2.24) is 0 Å². The van der Waals surface area contributed by atoms with Crippen molar-refractivity contribution in [1.29, 1.82) is 0 Å². The van der Waals surface area contributed by atoms with E-state index in [1.54, 1.807) is 6.08 Å². The van der Waals surface area contributed by atoms with Gasteiger partial charge in [0.1, 0.15) is 18.3 Å². The van der Waals surface area contributed by atoms with E-state index >= 15 is 0 Å². The summed E-state index contributed by atoms with van der Waals surface area (Å²) in [6, 6.07) is 0. The Morgan fingerprint density at radius 2 is 2.20 bits per heavy atom. The predicted octanol–water partition coefficient (Wildman–Crippen LogP) is 1.32. The minimum Gasteiger partial charge on any atom is -0.458 e. The fourth-order valence-corrected chi connectivity index (χ4v) is 0.976. The van der Waals surface area contributed by atoms with Crippen molar-refractivity contribution in [3.63, 3.8) is 0 Å². The van der Waals surface area contributed by atoms with Gasteiger partial charge in [-0.1, -0.05) is 6.08 Å². The molecule has 1 atom stereocenters. The maximum Gasteiger partial charge on any atom is 0.313 e. The summed E-state index contributed by atoms with van der Waals surface area (Å²) in [5.74, 6) is -0.670. The average Bonchev–Trinajstić information content (AvgIpc) is 2.15. The molecule has 86 valence electrons. The average molecular weight is 235 g/mol. The molecule has 5 heteroatoms. The van der Waals surface area contributed by atoms with Gasteiger partial charge in [0, 0.05) is 0 Å². The molecule has 1 unspecified atom stereocenters. The van der Waals surface area contributed by atoms with Gasteiger partial charge in [0.05, 0.1) is 19.1 Å². The van der Waals surface area contributed by atoms with Crippen LogP contribution in [0.1, 0.15) is 13.3 Å². The van der Waals surface area contributed by atoms with Gasteiger partial charge in [-0.2, -0.15) is 0 Å². The molecule has 0 fully saturated rings. The van der Waals surface area contributed by atoms with Crippen LogP contribution in [0.5, 0.6) is 0 Å². The van der Waals surface area contributed by atoms with Crippen molar-refractivity contribution in [2.45, 2.75) is 19.4 Å². The molecule has 0 spiro atoms. The van der Waals surface area contributed by atoms with E-state index in [9.17, 15) is 9.59 Å². The second-order valence-electron chi connectivity index (χ2n) is 2.97. The number of halogens is 1. The normalized spacial score (nSPS) is 11.9. The first-order valence-electron chi connectivity index (χ1n) is 4.53. The molecule has 0 saturated carbocycles. The molecule has 0 saturated heterocycles. The van der Waals surface area contributed by atoms with E-state index < -0.39 is 12.1 Å². The van der Waals surface area contributed by atoms with Gasteiger partial charge in [-0.05, 0) is 6.92 Å². The fourth-order valence-electron chi connectivity index (χ4n) is 0.824. The van der Waals surface area contributed by atoms with Crippen molar-refractivity contribution in [3.8, 4) is 0 Å². The summed E-state index contributed by atoms with van der Waals surface area (Å²) in [7, 11) is 0. The third-order valence-corrected chi connectivity index (χ3v) is 1.75. The maximum absolute atomic E-state index is 11.1. The molecular weight excluding hydrogens is 220 g/mol. The largest absolute Gasteiger partial charge is 0.458 e. The van der Waals surface area contributed by atoms with E-state index in [0.29, 0.717) is 6.61 Å². The van der Waals surface area contributed by atoms with Gasteiger partial charge in [-0.25, -0.2) is 0 Å². The van der Waals surface area contributed by atoms with E-state index in [4.69, 9.17) is 21.1 Å². The number of carbonyl (C=O) groups excluding carboxylic acids is 2. The topological polar surface area (TPSA) is 52.6 Å². The highest BCUT2D eigenvalue weighted by Gasteiger charge is 2.14. The Bertz CT molecular complexity index is 227. The first-order chi connectivity index (χ1) is 7.10. The van der Waals surface area contributed by atoms with Crippen molar-refractivity contribution in [2.24, 2.45) is 0 Å². The number of hydrogen-bond acceptors (Lipinski definition) is 4. The lowest BCUT2D eigenvalue weighted by atomic mass is 10.3. The number of carbonyl (C=O) groups is 2. The van der Waals surface area contributed by atoms with Gasteiger partial charge < -0.3 is 9.47 Å². The van der Waals surface area contributed by atoms with Gasteiger partial charge in [-0.15, -0.1) is 18.2 Å². The van der Waals surface area contributed by atoms with Crippen LogP contribution in [0.4, 0.5) is 0 Å². The maximum atomic E-state index is 11.1. The smallest absolute Gasteiger partial charge is 0.313 e. The van der Waals surface area contributed by atoms with Gasteiger partial charge >= 0.3 is 5.97 Å². The van der Waals surface area contributed by atoms with Crippen molar-refractivity contribution in [2.75, 3.05) is 19.1 Å². The number of rotatable bonds is 8. The van der Waals surface area contributed by atoms with Crippen LogP contribution < -0.4 is 0 Å². The van der Waals surface area contributed by atoms with Gasteiger partial charge in [0.25, 0.3) is 0 Å². The molecule has 0 aromatic heterocycles. The Morgan fingerprint density at radius 3 is 2.67 bits per heavy atom. The molecule has 0 aliphatic rings. The van der Waals surface area contributed by atoms with E-state index in [1.165, 1.54) is 6.92 Å². The molecule has 0 N–H and O–H groups in total. The lowest BCUT2D eigenvalue weighted by Crippen LogP contribution is -2.26. The van der Waals surface area contributed by atoms with Crippen LogP contribution in [-0.4, -0.2) is 37.0 Å². The van der Waals surface area contributed by atoms with Crippen LogP contribution in [0.25, 0.3) is 0 Å². The Kier molecular flexibility index (Phi) is 7.95. The molecule has 0 aromatic rings. The summed E-state index contributed by atoms with van der Waals surface area (Å²) in [5.41, 5.74) is 0. The van der Waals surface area contributed by atoms with Gasteiger partial charge in [-0.3, -0.25) is 9.59 Å². The Labute approximate surface area is 94.2 Å². The lowest BCUT2D eigenvalue weighted by molar-refractivity contribution is -0.152. The van der Waals surface area contributed by atoms with Crippen LogP contribution in [0, 0.1) is 0 Å². The van der Waals surface area contributed by atoms with Crippen LogP contribution in [0.3, 0.4) is 0 Å². The van der Waals surface area contributed by atoms with E-state index in [1.807, 2.05) is 0 Å². The third kappa shape index (κ3) is 8.15. The Balaban J connectivity index is 3.81. The number of ether oxygens (including phenoxy) is 2. The molecule has 0 aliphatic heterocycles. The zero-order chi connectivity index (χ0) is 11.7. The van der Waals surface area contributed by atoms with Gasteiger partial charge in [0.2, 0.25) is 0 Å². The minimum atomic E-state index is -0.574. The quantitative estimate of drug-likeness (QED) is 0.209. The summed E-state index contributed by atoms with van der Waals surface area (Å²) in [6.07, 6.45) is 0.843. The minimum absolute atomic E-state index is 0.140. The Hall–Kier alpha value is -0.870. The van der Waals surface area contributed by atoms with Crippen molar-refractivity contribution in [3.05, 3.63) is 12.7 Å². The first-order valence-corrected chi connectivity index (χ1v) is 5.07. The second-order valence-corrected chi connectivity index (χ2v) is 3.28. The molecule has 0 heterocycles. The zero-order valence-corrected chi connectivity index (χ0v) is 9.46. The monoisotopic (exact) mass is 234 g/mol. The number of Topliss-reactive ketones (excluding diaryl/α,β-unsaturated/α-hetero) is 1. The zero-order valence-electron chi connectivity index (χ0n) is 8.70. The second kappa shape index (κ2) is 8.44. The summed E-state index contributed by atoms with van der Waals surface area (Å²) in [6.45, 7) is 5.38. The van der Waals surface area contributed by atoms with E-state index in [-0.39, 0.29) is 24.7 Å². The van der Waals surface area contributed by atoms with Crippen LogP contribution in [0.2, 0.25) is 0 Å². The molecular formula is C10H15ClO4. The SMILES string of the molecule is C=CCOCC(CCl)OC(=O)CC(C)=O. The standard InChI is InChI=1S/C10H15ClO4/c1-3-4-14-7-9(6-11)15-10(13)5-8(2)12/h3,9H,1,4-7H2,2H3. The summed E-state index contributed by atoms with van der Waals surface area (Å²) >= 11 is 5.56. The van der Waals surface area contributed by atoms with Crippen LogP contribution in [0.15, 0.2) is 12.7 Å². The fraction of sp³-hybridized carbons (Fsp3) is 0.600. The highest BCUT2D eigenvalue weighted by atomic mass is 35.5. The highest BCUT2D eigenvalue weighted by Crippen LogP contribution is 2.00. The van der Waals surface area contributed by atoms with E-state index in [0.717, 1.165) is 0 Å². The van der Waals surface area contributed by atoms with E-state index in [2.05, 4.69) is 6.58 Å². The number of alkyl halides is 1. The van der Waals surface area contributed by atoms with Crippen molar-refractivity contribution < 1.29 is 19.1 Å². The molecule has 0 bridgehead atoms. The molecule has 0 aromatic carbocycles. The lowest BCUT2D eigenvalue weighted by Gasteiger charge is -2.14. The van der Waals surface area contributed by atoms with Crippen LogP contribution in [-0.2, 0) is 19.1 Å². The molecule has 4 nitrogen and oxygen atoms in total. The van der Waals surface area contributed by atoms with Gasteiger partial charge in [0.15, 0.2) is 0 Å². The highest BCUT2D eigenvalue weighted by molar-refractivity contribution is 6.18. The summed E-state index contributed by atoms with van der Waals surface area (Å²) < 4.78 is 9.98. The molecule has 0 amide bonds. The molecule has 0 aliphatic carbocycles. The molecule has 0 radical (unpaired) electrons. The number of hydrogen-bond donors (Lipinski definition) is 0. The number of esters is 1. The Morgan fingerprint density at radius 1 is 1.53 bits per heavy atom. The third-order valence-electron chi connectivity index (χ3n) is 1.40. The molecule has 15 heavy (non-hydrogen) atoms. The summed E-state index contributed by atoms with van der Waals surface area (Å²) in [5, 5.41) is 0.